The number of ether oxygens (including phenoxy) is 1. The Morgan fingerprint density at radius 2 is 1.89 bits per heavy atom. The fourth-order valence-electron chi connectivity index (χ4n) is 1.52. The summed E-state index contributed by atoms with van der Waals surface area (Å²) in [6.45, 7) is 5.96. The molecule has 0 saturated carbocycles. The topological polar surface area (TPSA) is 26.5 Å². The highest BCUT2D eigenvalue weighted by Crippen LogP contribution is 2.26. The van der Waals surface area contributed by atoms with Crippen LogP contribution in [0.2, 0.25) is 0 Å². The minimum Gasteiger partial charge on any atom is -0.406 e. The second-order valence-corrected chi connectivity index (χ2v) is 5.05. The number of halogens is 3. The van der Waals surface area contributed by atoms with Crippen LogP contribution in [-0.2, 0) is 5.41 Å². The molecule has 6 heteroatoms. The lowest BCUT2D eigenvalue weighted by Crippen LogP contribution is -2.17. The predicted octanol–water partition coefficient (Wildman–Crippen LogP) is 3.53. The summed E-state index contributed by atoms with van der Waals surface area (Å²) in [5.74, 6) is -0.263. The quantitative estimate of drug-likeness (QED) is 0.782. The van der Waals surface area contributed by atoms with E-state index >= 15 is 0 Å². The Balaban J connectivity index is 2.40. The van der Waals surface area contributed by atoms with Crippen LogP contribution in [0, 0.1) is 0 Å². The van der Waals surface area contributed by atoms with Gasteiger partial charge in [-0.1, -0.05) is 20.8 Å². The molecule has 0 aliphatic carbocycles. The molecule has 0 unspecified atom stereocenters. The molecule has 0 fully saturated rings. The summed E-state index contributed by atoms with van der Waals surface area (Å²) in [7, 11) is 0. The number of fused-ring (bicyclic) bond motifs is 1. The lowest BCUT2D eigenvalue weighted by Gasteiger charge is -2.13. The highest BCUT2D eigenvalue weighted by Gasteiger charge is 2.31. The van der Waals surface area contributed by atoms with Gasteiger partial charge in [-0.15, -0.1) is 13.2 Å². The van der Waals surface area contributed by atoms with Crippen LogP contribution < -0.4 is 4.74 Å². The van der Waals surface area contributed by atoms with Crippen molar-refractivity contribution in [1.29, 1.82) is 0 Å². The third-order valence-corrected chi connectivity index (χ3v) is 2.43. The van der Waals surface area contributed by atoms with Gasteiger partial charge in [0, 0.05) is 23.9 Å². The van der Waals surface area contributed by atoms with Crippen molar-refractivity contribution >= 4 is 5.65 Å². The van der Waals surface area contributed by atoms with Crippen molar-refractivity contribution < 1.29 is 17.9 Å². The molecule has 0 atom stereocenters. The van der Waals surface area contributed by atoms with Gasteiger partial charge in [-0.25, -0.2) is 4.98 Å². The van der Waals surface area contributed by atoms with Crippen LogP contribution >= 0.6 is 0 Å². The molecular weight excluding hydrogens is 245 g/mol. The van der Waals surface area contributed by atoms with Crippen molar-refractivity contribution in [3.05, 3.63) is 30.2 Å². The van der Waals surface area contributed by atoms with Crippen LogP contribution in [0.4, 0.5) is 13.2 Å². The zero-order chi connectivity index (χ0) is 13.6. The third-order valence-electron chi connectivity index (χ3n) is 2.43. The highest BCUT2D eigenvalue weighted by atomic mass is 19.4. The van der Waals surface area contributed by atoms with Crippen molar-refractivity contribution in [2.45, 2.75) is 32.5 Å². The van der Waals surface area contributed by atoms with E-state index in [4.69, 9.17) is 0 Å². The van der Waals surface area contributed by atoms with Crippen molar-refractivity contribution in [2.24, 2.45) is 0 Å². The predicted molar refractivity (Wildman–Crippen MR) is 60.6 cm³/mol. The summed E-state index contributed by atoms with van der Waals surface area (Å²) in [5.41, 5.74) is 1.09. The number of aromatic nitrogens is 2. The molecule has 2 rings (SSSR count). The van der Waals surface area contributed by atoms with E-state index in [-0.39, 0.29) is 11.2 Å². The molecule has 0 aromatic carbocycles. The lowest BCUT2D eigenvalue weighted by molar-refractivity contribution is -0.274. The number of pyridine rings is 1. The number of alkyl halides is 3. The fourth-order valence-corrected chi connectivity index (χ4v) is 1.52. The molecule has 3 nitrogen and oxygen atoms in total. The Hall–Kier alpha value is -1.72. The monoisotopic (exact) mass is 258 g/mol. The summed E-state index contributed by atoms with van der Waals surface area (Å²) in [4.78, 5) is 4.29. The molecule has 0 N–H and O–H groups in total. The first kappa shape index (κ1) is 12.7. The van der Waals surface area contributed by atoms with E-state index in [9.17, 15) is 13.2 Å². The zero-order valence-corrected chi connectivity index (χ0v) is 10.2. The largest absolute Gasteiger partial charge is 0.573 e. The van der Waals surface area contributed by atoms with Gasteiger partial charge < -0.3 is 9.14 Å². The average Bonchev–Trinajstić information content (AvgIpc) is 2.57. The van der Waals surface area contributed by atoms with Gasteiger partial charge in [0.2, 0.25) is 0 Å². The Labute approximate surface area is 102 Å². The summed E-state index contributed by atoms with van der Waals surface area (Å²) >= 11 is 0. The van der Waals surface area contributed by atoms with Crippen LogP contribution in [0.1, 0.15) is 26.5 Å². The van der Waals surface area contributed by atoms with Crippen molar-refractivity contribution in [3.8, 4) is 5.75 Å². The molecule has 0 bridgehead atoms. The maximum Gasteiger partial charge on any atom is 0.573 e. The number of hydrogen-bond acceptors (Lipinski definition) is 2. The fraction of sp³-hybridized carbons (Fsp3) is 0.417. The number of imidazole rings is 1. The second-order valence-electron chi connectivity index (χ2n) is 5.05. The van der Waals surface area contributed by atoms with Gasteiger partial charge in [-0.3, -0.25) is 0 Å². The molecule has 2 aromatic rings. The van der Waals surface area contributed by atoms with Gasteiger partial charge >= 0.3 is 6.36 Å². The van der Waals surface area contributed by atoms with E-state index in [1.165, 1.54) is 18.3 Å². The molecule has 2 heterocycles. The van der Waals surface area contributed by atoms with Crippen molar-refractivity contribution in [1.82, 2.24) is 9.38 Å². The van der Waals surface area contributed by atoms with E-state index in [2.05, 4.69) is 9.72 Å². The Kier molecular flexibility index (Phi) is 2.76. The zero-order valence-electron chi connectivity index (χ0n) is 10.2. The van der Waals surface area contributed by atoms with E-state index in [0.29, 0.717) is 5.65 Å². The van der Waals surface area contributed by atoms with E-state index < -0.39 is 6.36 Å². The summed E-state index contributed by atoms with van der Waals surface area (Å²) in [6, 6.07) is 2.53. The smallest absolute Gasteiger partial charge is 0.406 e. The molecule has 0 aliphatic rings. The second kappa shape index (κ2) is 3.90. The van der Waals surface area contributed by atoms with Crippen LogP contribution in [0.15, 0.2) is 24.5 Å². The van der Waals surface area contributed by atoms with E-state index in [1.807, 2.05) is 20.8 Å². The van der Waals surface area contributed by atoms with Gasteiger partial charge in [0.1, 0.15) is 11.4 Å². The van der Waals surface area contributed by atoms with Crippen LogP contribution in [-0.4, -0.2) is 15.7 Å². The van der Waals surface area contributed by atoms with Crippen LogP contribution in [0.3, 0.4) is 0 Å². The average molecular weight is 258 g/mol. The Morgan fingerprint density at radius 1 is 1.22 bits per heavy atom. The van der Waals surface area contributed by atoms with E-state index in [1.54, 1.807) is 10.6 Å². The first-order valence-corrected chi connectivity index (χ1v) is 5.40. The van der Waals surface area contributed by atoms with Crippen LogP contribution in [0.5, 0.6) is 5.75 Å². The summed E-state index contributed by atoms with van der Waals surface area (Å²) in [5, 5.41) is 0. The highest BCUT2D eigenvalue weighted by molar-refractivity contribution is 5.46. The molecule has 0 amide bonds. The first-order valence-electron chi connectivity index (χ1n) is 5.40. The van der Waals surface area contributed by atoms with Crippen LogP contribution in [0.25, 0.3) is 5.65 Å². The van der Waals surface area contributed by atoms with Crippen molar-refractivity contribution in [2.75, 3.05) is 0 Å². The number of rotatable bonds is 1. The number of nitrogens with zero attached hydrogens (tertiary/aromatic N) is 2. The molecule has 2 aromatic heterocycles. The van der Waals surface area contributed by atoms with Gasteiger partial charge in [0.25, 0.3) is 0 Å². The third kappa shape index (κ3) is 2.75. The normalized spacial score (nSPS) is 13.0. The summed E-state index contributed by atoms with van der Waals surface area (Å²) < 4.78 is 41.8. The minimum atomic E-state index is -4.68. The maximum absolute atomic E-state index is 12.1. The molecule has 18 heavy (non-hydrogen) atoms. The number of hydrogen-bond donors (Lipinski definition) is 0. The molecule has 0 saturated heterocycles. The SMILES string of the molecule is CC(C)(C)c1cn2ccc(OC(F)(F)F)cc2n1. The maximum atomic E-state index is 12.1. The molecule has 0 radical (unpaired) electrons. The lowest BCUT2D eigenvalue weighted by atomic mass is 9.93. The van der Waals surface area contributed by atoms with Gasteiger partial charge in [0.15, 0.2) is 0 Å². The van der Waals surface area contributed by atoms with E-state index in [0.717, 1.165) is 5.69 Å². The minimum absolute atomic E-state index is 0.156. The Morgan fingerprint density at radius 3 is 2.44 bits per heavy atom. The standard InChI is InChI=1S/C12H13F3N2O/c1-11(2,3)9-7-17-5-4-8(6-10(17)16-9)18-12(13,14)15/h4-7H,1-3H3. The Bertz CT molecular complexity index is 567. The van der Waals surface area contributed by atoms with Gasteiger partial charge in [0.05, 0.1) is 5.69 Å². The molecular formula is C12H13F3N2O. The van der Waals surface area contributed by atoms with Crippen molar-refractivity contribution in [3.63, 3.8) is 0 Å². The van der Waals surface area contributed by atoms with Gasteiger partial charge in [-0.2, -0.15) is 0 Å². The molecule has 0 spiro atoms. The molecule has 0 aliphatic heterocycles. The summed E-state index contributed by atoms with van der Waals surface area (Å²) in [6.07, 6.45) is -1.39. The molecule has 98 valence electrons. The first-order chi connectivity index (χ1) is 8.15. The van der Waals surface area contributed by atoms with Gasteiger partial charge in [-0.05, 0) is 6.07 Å².